The lowest BCUT2D eigenvalue weighted by molar-refractivity contribution is 0.472. The largest absolute Gasteiger partial charge is 0.506 e. The first-order chi connectivity index (χ1) is 11.3. The van der Waals surface area contributed by atoms with Gasteiger partial charge in [-0.15, -0.1) is 10.2 Å². The molecule has 6 nitrogen and oxygen atoms in total. The van der Waals surface area contributed by atoms with Gasteiger partial charge in [-0.3, -0.25) is 14.6 Å². The Morgan fingerprint density at radius 2 is 1.96 bits per heavy atom. The van der Waals surface area contributed by atoms with E-state index in [1.54, 1.807) is 13.1 Å². The van der Waals surface area contributed by atoms with E-state index in [-0.39, 0.29) is 16.7 Å². The van der Waals surface area contributed by atoms with Gasteiger partial charge in [-0.25, -0.2) is 0 Å². The molecule has 0 radical (unpaired) electrons. The molecule has 0 aliphatic rings. The lowest BCUT2D eigenvalue weighted by atomic mass is 9.82. The number of H-pyrrole nitrogens is 1. The minimum atomic E-state index is -0.216. The van der Waals surface area contributed by atoms with E-state index in [2.05, 4.69) is 36.1 Å². The number of hydrogen-bond donors (Lipinski definition) is 2. The predicted molar refractivity (Wildman–Crippen MR) is 95.6 cm³/mol. The predicted octanol–water partition coefficient (Wildman–Crippen LogP) is 4.47. The maximum Gasteiger partial charge on any atom is 0.294 e. The lowest BCUT2D eigenvalue weighted by Gasteiger charge is -2.23. The summed E-state index contributed by atoms with van der Waals surface area (Å²) in [5, 5.41) is 21.3. The molecule has 2 aromatic rings. The molecule has 0 saturated carbocycles. The molecule has 2 N–H and O–H groups in total. The van der Waals surface area contributed by atoms with Crippen molar-refractivity contribution >= 4 is 11.4 Å². The van der Waals surface area contributed by atoms with Gasteiger partial charge >= 0.3 is 0 Å². The zero-order valence-corrected chi connectivity index (χ0v) is 15.1. The quantitative estimate of drug-likeness (QED) is 0.766. The summed E-state index contributed by atoms with van der Waals surface area (Å²) in [4.78, 5) is 12.2. The summed E-state index contributed by atoms with van der Waals surface area (Å²) in [6, 6.07) is 5.36. The van der Waals surface area contributed by atoms with Crippen molar-refractivity contribution in [2.45, 2.75) is 52.4 Å². The van der Waals surface area contributed by atoms with E-state index in [1.807, 2.05) is 19.1 Å². The topological polar surface area (TPSA) is 82.7 Å². The number of phenols is 1. The number of rotatable bonds is 6. The van der Waals surface area contributed by atoms with E-state index >= 15 is 0 Å². The fraction of sp³-hybridized carbons (Fsp3) is 0.500. The first-order valence-corrected chi connectivity index (χ1v) is 8.33. The Morgan fingerprint density at radius 3 is 2.58 bits per heavy atom. The van der Waals surface area contributed by atoms with Gasteiger partial charge < -0.3 is 5.11 Å². The van der Waals surface area contributed by atoms with Crippen LogP contribution in [0, 0.1) is 0 Å². The number of phenolic OH excluding ortho intramolecular Hbond substituents is 1. The lowest BCUT2D eigenvalue weighted by Crippen LogP contribution is -2.14. The van der Waals surface area contributed by atoms with Crippen LogP contribution >= 0.6 is 0 Å². The molecule has 0 aliphatic carbocycles. The molecule has 6 heteroatoms. The molecule has 2 rings (SSSR count). The molecule has 1 heterocycles. The van der Waals surface area contributed by atoms with Crippen molar-refractivity contribution in [2.24, 2.45) is 17.3 Å². The van der Waals surface area contributed by atoms with E-state index in [9.17, 15) is 9.90 Å². The number of aromatic nitrogens is 2. The Kier molecular flexibility index (Phi) is 5.26. The summed E-state index contributed by atoms with van der Waals surface area (Å²) in [5.74, 6) is 0.0544. The number of nitrogens with one attached hydrogen (secondary N) is 1. The molecule has 130 valence electrons. The first kappa shape index (κ1) is 18.0. The number of benzene rings is 1. The van der Waals surface area contributed by atoms with Gasteiger partial charge in [0.1, 0.15) is 11.4 Å². The first-order valence-electron chi connectivity index (χ1n) is 8.33. The van der Waals surface area contributed by atoms with Crippen LogP contribution in [0.5, 0.6) is 5.75 Å². The fourth-order valence-corrected chi connectivity index (χ4v) is 2.45. The molecule has 0 aliphatic heterocycles. The molecule has 0 atom stereocenters. The fourth-order valence-electron chi connectivity index (χ4n) is 2.45. The van der Waals surface area contributed by atoms with Gasteiger partial charge in [0.05, 0.1) is 5.69 Å². The number of azo groups is 1. The van der Waals surface area contributed by atoms with Gasteiger partial charge in [-0.05, 0) is 36.0 Å². The van der Waals surface area contributed by atoms with Crippen LogP contribution in [0.15, 0.2) is 33.2 Å². The van der Waals surface area contributed by atoms with Crippen LogP contribution in [0.2, 0.25) is 0 Å². The van der Waals surface area contributed by atoms with E-state index < -0.39 is 0 Å². The maximum absolute atomic E-state index is 12.2. The Balaban J connectivity index is 2.43. The van der Waals surface area contributed by atoms with Gasteiger partial charge in [-0.1, -0.05) is 40.2 Å². The third-order valence-corrected chi connectivity index (χ3v) is 4.49. The van der Waals surface area contributed by atoms with E-state index in [1.165, 1.54) is 4.68 Å². The Hall–Kier alpha value is -2.37. The second-order valence-corrected chi connectivity index (χ2v) is 6.69. The number of aromatic amines is 1. The highest BCUT2D eigenvalue weighted by atomic mass is 16.3. The number of aromatic hydroxyl groups is 1. The average molecular weight is 330 g/mol. The van der Waals surface area contributed by atoms with Crippen LogP contribution in [-0.4, -0.2) is 14.9 Å². The molecule has 1 aromatic heterocycles. The van der Waals surface area contributed by atoms with E-state index in [0.29, 0.717) is 11.4 Å². The number of nitrogens with zero attached hydrogens (tertiary/aromatic N) is 3. The van der Waals surface area contributed by atoms with Gasteiger partial charge in [-0.2, -0.15) is 0 Å². The highest BCUT2D eigenvalue weighted by Crippen LogP contribution is 2.35. The number of hydrogen-bond acceptors (Lipinski definition) is 4. The Labute approximate surface area is 142 Å². The molecule has 0 spiro atoms. The van der Waals surface area contributed by atoms with Gasteiger partial charge in [0.25, 0.3) is 5.56 Å². The molecule has 0 amide bonds. The molecule has 24 heavy (non-hydrogen) atoms. The Morgan fingerprint density at radius 1 is 1.25 bits per heavy atom. The van der Waals surface area contributed by atoms with Crippen LogP contribution in [0.4, 0.5) is 11.4 Å². The van der Waals surface area contributed by atoms with Crippen molar-refractivity contribution in [3.8, 4) is 5.75 Å². The van der Waals surface area contributed by atoms with Crippen LogP contribution < -0.4 is 5.56 Å². The zero-order valence-electron chi connectivity index (χ0n) is 15.1. The third-order valence-electron chi connectivity index (χ3n) is 4.49. The summed E-state index contributed by atoms with van der Waals surface area (Å²) in [7, 11) is 1.66. The van der Waals surface area contributed by atoms with E-state index in [0.717, 1.165) is 30.5 Å². The highest BCUT2D eigenvalue weighted by molar-refractivity contribution is 5.54. The molecule has 0 bridgehead atoms. The molecule has 0 saturated heterocycles. The minimum absolute atomic E-state index is 0.0183. The van der Waals surface area contributed by atoms with Crippen LogP contribution in [0.25, 0.3) is 0 Å². The van der Waals surface area contributed by atoms with Gasteiger partial charge in [0, 0.05) is 7.05 Å². The maximum atomic E-state index is 12.2. The van der Waals surface area contributed by atoms with Crippen molar-refractivity contribution in [1.82, 2.24) is 9.78 Å². The summed E-state index contributed by atoms with van der Waals surface area (Å²) in [6.45, 7) is 8.44. The van der Waals surface area contributed by atoms with Crippen LogP contribution in [0.3, 0.4) is 0 Å². The average Bonchev–Trinajstić information content (AvgIpc) is 2.81. The summed E-state index contributed by atoms with van der Waals surface area (Å²) in [6.07, 6.45) is 2.58. The monoisotopic (exact) mass is 330 g/mol. The molecule has 1 aromatic carbocycles. The van der Waals surface area contributed by atoms with Crippen molar-refractivity contribution in [3.05, 3.63) is 39.8 Å². The van der Waals surface area contributed by atoms with E-state index in [4.69, 9.17) is 0 Å². The summed E-state index contributed by atoms with van der Waals surface area (Å²) >= 11 is 0. The molecule has 0 fully saturated rings. The normalized spacial score (nSPS) is 12.2. The summed E-state index contributed by atoms with van der Waals surface area (Å²) in [5.41, 5.74) is 2.28. The second-order valence-electron chi connectivity index (χ2n) is 6.69. The second kappa shape index (κ2) is 7.03. The zero-order chi connectivity index (χ0) is 17.9. The summed E-state index contributed by atoms with van der Waals surface area (Å²) < 4.78 is 1.40. The van der Waals surface area contributed by atoms with Gasteiger partial charge in [0.2, 0.25) is 0 Å². The number of aryl methyl sites for hydroxylation is 2. The van der Waals surface area contributed by atoms with Crippen molar-refractivity contribution < 1.29 is 5.11 Å². The van der Waals surface area contributed by atoms with Crippen LogP contribution in [0.1, 0.15) is 51.8 Å². The molecular weight excluding hydrogens is 304 g/mol. The third kappa shape index (κ3) is 3.58. The van der Waals surface area contributed by atoms with Crippen molar-refractivity contribution in [2.75, 3.05) is 0 Å². The smallest absolute Gasteiger partial charge is 0.294 e. The van der Waals surface area contributed by atoms with Crippen LogP contribution in [-0.2, 0) is 18.9 Å². The van der Waals surface area contributed by atoms with Gasteiger partial charge in [0.15, 0.2) is 5.69 Å². The minimum Gasteiger partial charge on any atom is -0.506 e. The molecular formula is C18H26N4O2. The van der Waals surface area contributed by atoms with Crippen molar-refractivity contribution in [3.63, 3.8) is 0 Å². The SMILES string of the molecule is CCCc1[nH]n(C)c(=O)c1N=Nc1cc(C(C)(C)CC)ccc1O. The standard InChI is InChI=1S/C18H26N4O2/c1-6-8-13-16(17(24)22(5)21-13)20-19-14-11-12(9-10-15(14)23)18(3,4)7-2/h9-11,21,23H,6-8H2,1-5H3. The van der Waals surface area contributed by atoms with Crippen molar-refractivity contribution in [1.29, 1.82) is 0 Å². The highest BCUT2D eigenvalue weighted by Gasteiger charge is 2.19. The molecule has 0 unspecified atom stereocenters. The Bertz CT molecular complexity index is 800.